The summed E-state index contributed by atoms with van der Waals surface area (Å²) in [6.45, 7) is 7.04. The van der Waals surface area contributed by atoms with Gasteiger partial charge in [0, 0.05) is 51.0 Å². The second kappa shape index (κ2) is 17.5. The van der Waals surface area contributed by atoms with Crippen molar-refractivity contribution in [3.05, 3.63) is 77.4 Å². The molecule has 8 nitrogen and oxygen atoms in total. The highest BCUT2D eigenvalue weighted by atomic mass is 35.5. The number of unbranched alkanes of at least 4 members (excludes halogenated alkanes) is 1. The number of piperazine rings is 1. The van der Waals surface area contributed by atoms with Crippen LogP contribution < -0.4 is 23.8 Å². The third-order valence-corrected chi connectivity index (χ3v) is 8.73. The monoisotopic (exact) mass is 659 g/mol. The van der Waals surface area contributed by atoms with Crippen LogP contribution in [-0.2, 0) is 17.6 Å². The first-order valence-corrected chi connectivity index (χ1v) is 15.3. The van der Waals surface area contributed by atoms with Gasteiger partial charge < -0.3 is 33.6 Å². The summed E-state index contributed by atoms with van der Waals surface area (Å²) in [5.41, 5.74) is 4.37. The molecular formula is C35H47Cl2N3O5. The third-order valence-electron chi connectivity index (χ3n) is 8.73. The average Bonchev–Trinajstić information content (AvgIpc) is 3.05. The molecule has 0 N–H and O–H groups in total. The van der Waals surface area contributed by atoms with E-state index in [9.17, 15) is 4.79 Å². The molecule has 246 valence electrons. The van der Waals surface area contributed by atoms with Crippen molar-refractivity contribution >= 4 is 36.4 Å². The van der Waals surface area contributed by atoms with Crippen molar-refractivity contribution in [2.45, 2.75) is 31.6 Å². The Morgan fingerprint density at radius 3 is 2.04 bits per heavy atom. The molecule has 0 aromatic heterocycles. The Bertz CT molecular complexity index is 1360. The summed E-state index contributed by atoms with van der Waals surface area (Å²) < 4.78 is 22.7. The van der Waals surface area contributed by atoms with Gasteiger partial charge in [0.25, 0.3) is 0 Å². The number of para-hydroxylation sites is 2. The van der Waals surface area contributed by atoms with Crippen LogP contribution in [0, 0.1) is 0 Å². The molecule has 45 heavy (non-hydrogen) atoms. The molecule has 5 rings (SSSR count). The zero-order chi connectivity index (χ0) is 30.2. The van der Waals surface area contributed by atoms with E-state index in [4.69, 9.17) is 18.9 Å². The molecular weight excluding hydrogens is 613 g/mol. The Balaban J connectivity index is 0.00000276. The molecule has 3 aromatic rings. The molecule has 1 fully saturated rings. The second-order valence-corrected chi connectivity index (χ2v) is 11.3. The van der Waals surface area contributed by atoms with Gasteiger partial charge in [-0.3, -0.25) is 4.79 Å². The Kier molecular flexibility index (Phi) is 14.1. The topological polar surface area (TPSA) is 63.7 Å². The Morgan fingerprint density at radius 2 is 1.38 bits per heavy atom. The molecule has 2 aliphatic heterocycles. The molecule has 1 atom stereocenters. The molecule has 0 saturated carbocycles. The van der Waals surface area contributed by atoms with Gasteiger partial charge >= 0.3 is 0 Å². The molecule has 10 heteroatoms. The van der Waals surface area contributed by atoms with Gasteiger partial charge in [0.2, 0.25) is 11.7 Å². The van der Waals surface area contributed by atoms with Crippen molar-refractivity contribution in [1.29, 1.82) is 0 Å². The molecule has 3 aromatic carbocycles. The van der Waals surface area contributed by atoms with Crippen molar-refractivity contribution in [3.63, 3.8) is 0 Å². The lowest BCUT2D eigenvalue weighted by Gasteiger charge is -2.34. The number of hydrogen-bond donors (Lipinski definition) is 0. The highest BCUT2D eigenvalue weighted by Gasteiger charge is 2.33. The first kappa shape index (κ1) is 36.3. The number of nitrogens with zero attached hydrogens (tertiary/aromatic N) is 3. The molecule has 0 bridgehead atoms. The highest BCUT2D eigenvalue weighted by molar-refractivity contribution is 6.01. The molecule has 1 saturated heterocycles. The summed E-state index contributed by atoms with van der Waals surface area (Å²) >= 11 is 0. The number of likely N-dealkylation sites (N-methyl/N-ethyl adjacent to an activating group) is 1. The lowest BCUT2D eigenvalue weighted by Crippen LogP contribution is -2.47. The third kappa shape index (κ3) is 8.76. The van der Waals surface area contributed by atoms with Crippen LogP contribution in [0.5, 0.6) is 23.0 Å². The summed E-state index contributed by atoms with van der Waals surface area (Å²) in [5.74, 6) is 2.77. The fourth-order valence-corrected chi connectivity index (χ4v) is 6.24. The first-order chi connectivity index (χ1) is 21.0. The van der Waals surface area contributed by atoms with Gasteiger partial charge in [0.15, 0.2) is 11.5 Å². The number of ether oxygens (including phenoxy) is 4. The lowest BCUT2D eigenvalue weighted by atomic mass is 9.86. The van der Waals surface area contributed by atoms with Gasteiger partial charge in [-0.1, -0.05) is 36.4 Å². The Hall–Kier alpha value is -3.17. The Morgan fingerprint density at radius 1 is 0.756 bits per heavy atom. The number of benzene rings is 3. The van der Waals surface area contributed by atoms with Crippen LogP contribution in [0.3, 0.4) is 0 Å². The first-order valence-electron chi connectivity index (χ1n) is 15.3. The molecule has 2 aliphatic rings. The number of amides is 1. The summed E-state index contributed by atoms with van der Waals surface area (Å²) in [6, 6.07) is 20.3. The van der Waals surface area contributed by atoms with Crippen LogP contribution in [0.2, 0.25) is 0 Å². The van der Waals surface area contributed by atoms with E-state index in [1.165, 1.54) is 11.1 Å². The van der Waals surface area contributed by atoms with Crippen LogP contribution in [0.25, 0.3) is 0 Å². The minimum atomic E-state index is -0.221. The van der Waals surface area contributed by atoms with Crippen LogP contribution in [0.1, 0.15) is 35.4 Å². The smallest absolute Gasteiger partial charge is 0.234 e. The average molecular weight is 661 g/mol. The van der Waals surface area contributed by atoms with Gasteiger partial charge in [0.05, 0.1) is 33.9 Å². The van der Waals surface area contributed by atoms with E-state index in [1.807, 2.05) is 61.6 Å². The van der Waals surface area contributed by atoms with E-state index >= 15 is 0 Å². The molecule has 1 unspecified atom stereocenters. The minimum Gasteiger partial charge on any atom is -0.493 e. The normalized spacial score (nSPS) is 16.7. The fourth-order valence-electron chi connectivity index (χ4n) is 6.24. The number of methoxy groups -OCH3 is 3. The lowest BCUT2D eigenvalue weighted by molar-refractivity contribution is -0.120. The van der Waals surface area contributed by atoms with Gasteiger partial charge in [-0.25, -0.2) is 0 Å². The van der Waals surface area contributed by atoms with E-state index in [1.54, 1.807) is 26.2 Å². The van der Waals surface area contributed by atoms with Gasteiger partial charge in [-0.15, -0.1) is 24.8 Å². The summed E-state index contributed by atoms with van der Waals surface area (Å²) in [4.78, 5) is 20.1. The van der Waals surface area contributed by atoms with E-state index in [0.29, 0.717) is 30.3 Å². The largest absolute Gasteiger partial charge is 0.493 e. The second-order valence-electron chi connectivity index (χ2n) is 11.3. The van der Waals surface area contributed by atoms with Crippen LogP contribution in [0.15, 0.2) is 60.7 Å². The number of anilines is 1. The predicted molar refractivity (Wildman–Crippen MR) is 185 cm³/mol. The van der Waals surface area contributed by atoms with E-state index in [-0.39, 0.29) is 36.6 Å². The van der Waals surface area contributed by atoms with Gasteiger partial charge in [0.1, 0.15) is 5.75 Å². The predicted octanol–water partition coefficient (Wildman–Crippen LogP) is 5.88. The molecule has 1 amide bonds. The summed E-state index contributed by atoms with van der Waals surface area (Å²) in [7, 11) is 6.81. The molecule has 0 radical (unpaired) electrons. The minimum absolute atomic E-state index is 0. The van der Waals surface area contributed by atoms with Gasteiger partial charge in [-0.05, 0) is 67.6 Å². The quantitative estimate of drug-likeness (QED) is 0.213. The number of fused-ring (bicyclic) bond motifs is 1. The van der Waals surface area contributed by atoms with Crippen molar-refractivity contribution in [1.82, 2.24) is 9.80 Å². The number of carbonyl (C=O) groups excluding carboxylic acids is 1. The van der Waals surface area contributed by atoms with E-state index in [2.05, 4.69) is 15.9 Å². The number of rotatable bonds is 13. The van der Waals surface area contributed by atoms with Crippen molar-refractivity contribution < 1.29 is 23.7 Å². The van der Waals surface area contributed by atoms with Crippen LogP contribution in [-0.4, -0.2) is 90.0 Å². The summed E-state index contributed by atoms with van der Waals surface area (Å²) in [6.07, 6.45) is 3.71. The van der Waals surface area contributed by atoms with E-state index < -0.39 is 0 Å². The number of halogens is 2. The maximum Gasteiger partial charge on any atom is 0.234 e. The zero-order valence-corrected chi connectivity index (χ0v) is 28.5. The fraction of sp³-hybridized carbons (Fsp3) is 0.457. The molecule has 0 aliphatic carbocycles. The van der Waals surface area contributed by atoms with Crippen LogP contribution >= 0.6 is 24.8 Å². The standard InChI is InChI=1S/C35H45N3O5.2ClH/c1-36-30-13-7-5-11-27(30)25-29(35(36)39)28-12-6-8-14-31(28)43-22-10-9-16-37-18-20-38(21-19-37)17-15-26-23-32(40-2)34(42-4)33(24-26)41-3;;/h5-8,11-14,23-24,29H,9-10,15-22,25H2,1-4H3;2*1H. The number of hydrogen-bond acceptors (Lipinski definition) is 7. The maximum absolute atomic E-state index is 13.3. The highest BCUT2D eigenvalue weighted by Crippen LogP contribution is 2.39. The SMILES string of the molecule is COc1cc(CCN2CCN(CCCCOc3ccccc3C3Cc4ccccc4N(C)C3=O)CC2)cc(OC)c1OC.Cl.Cl. The van der Waals surface area contributed by atoms with Gasteiger partial charge in [-0.2, -0.15) is 0 Å². The van der Waals surface area contributed by atoms with Crippen molar-refractivity contribution in [2.75, 3.05) is 79.2 Å². The zero-order valence-electron chi connectivity index (χ0n) is 26.8. The van der Waals surface area contributed by atoms with Crippen molar-refractivity contribution in [3.8, 4) is 23.0 Å². The summed E-state index contributed by atoms with van der Waals surface area (Å²) in [5, 5.41) is 0. The molecule has 0 spiro atoms. The van der Waals surface area contributed by atoms with E-state index in [0.717, 1.165) is 75.5 Å². The Labute approximate surface area is 280 Å². The number of carbonyl (C=O) groups is 1. The van der Waals surface area contributed by atoms with Crippen LogP contribution in [0.4, 0.5) is 5.69 Å². The molecule has 2 heterocycles. The van der Waals surface area contributed by atoms with Crippen molar-refractivity contribution in [2.24, 2.45) is 0 Å². The maximum atomic E-state index is 13.3.